The SMILES string of the molecule is O=C1CC(CS(=O)(=O)Cl)CN1c1ccc(C(F)(F)F)c(Br)c1. The first-order chi connectivity index (χ1) is 9.97. The molecule has 1 aromatic carbocycles. The highest BCUT2D eigenvalue weighted by atomic mass is 79.9. The molecule has 10 heteroatoms. The molecule has 0 spiro atoms. The van der Waals surface area contributed by atoms with E-state index in [9.17, 15) is 26.4 Å². The smallest absolute Gasteiger partial charge is 0.312 e. The lowest BCUT2D eigenvalue weighted by atomic mass is 10.1. The molecule has 1 aliphatic heterocycles. The maximum absolute atomic E-state index is 12.7. The molecule has 1 saturated heterocycles. The second-order valence-corrected chi connectivity index (χ2v) is 8.62. The van der Waals surface area contributed by atoms with Gasteiger partial charge in [0.2, 0.25) is 15.0 Å². The van der Waals surface area contributed by atoms with Crippen molar-refractivity contribution in [3.8, 4) is 0 Å². The van der Waals surface area contributed by atoms with E-state index in [0.717, 1.165) is 6.07 Å². The van der Waals surface area contributed by atoms with Crippen LogP contribution in [0.25, 0.3) is 0 Å². The van der Waals surface area contributed by atoms with E-state index in [-0.39, 0.29) is 34.8 Å². The van der Waals surface area contributed by atoms with Crippen molar-refractivity contribution in [2.45, 2.75) is 12.6 Å². The Bertz CT molecular complexity index is 708. The van der Waals surface area contributed by atoms with Crippen LogP contribution in [0.4, 0.5) is 18.9 Å². The quantitative estimate of drug-likeness (QED) is 0.705. The number of benzene rings is 1. The van der Waals surface area contributed by atoms with Crippen LogP contribution < -0.4 is 4.90 Å². The van der Waals surface area contributed by atoms with Crippen LogP contribution >= 0.6 is 26.6 Å². The highest BCUT2D eigenvalue weighted by Gasteiger charge is 2.36. The number of nitrogens with zero attached hydrogens (tertiary/aromatic N) is 1. The van der Waals surface area contributed by atoms with Gasteiger partial charge in [0.05, 0.1) is 11.3 Å². The van der Waals surface area contributed by atoms with E-state index in [0.29, 0.717) is 0 Å². The molecule has 1 aromatic rings. The molecule has 22 heavy (non-hydrogen) atoms. The molecule has 1 unspecified atom stereocenters. The minimum absolute atomic E-state index is 0.00933. The molecule has 0 saturated carbocycles. The molecule has 122 valence electrons. The zero-order chi connectivity index (χ0) is 16.7. The number of halogens is 5. The van der Waals surface area contributed by atoms with Gasteiger partial charge in [-0.3, -0.25) is 4.79 Å². The van der Waals surface area contributed by atoms with Gasteiger partial charge >= 0.3 is 6.18 Å². The van der Waals surface area contributed by atoms with Gasteiger partial charge in [0.25, 0.3) is 0 Å². The molecular weight excluding hydrogens is 411 g/mol. The number of carbonyl (C=O) groups excluding carboxylic acids is 1. The van der Waals surface area contributed by atoms with Gasteiger partial charge in [-0.25, -0.2) is 8.42 Å². The van der Waals surface area contributed by atoms with E-state index in [1.54, 1.807) is 0 Å². The van der Waals surface area contributed by atoms with E-state index in [4.69, 9.17) is 10.7 Å². The van der Waals surface area contributed by atoms with Gasteiger partial charge in [0.15, 0.2) is 0 Å². The predicted molar refractivity (Wildman–Crippen MR) is 79.2 cm³/mol. The Hall–Kier alpha value is -0.800. The Balaban J connectivity index is 2.22. The number of alkyl halides is 3. The normalized spacial score (nSPS) is 19.8. The number of hydrogen-bond acceptors (Lipinski definition) is 3. The molecule has 1 atom stereocenters. The van der Waals surface area contributed by atoms with Crippen molar-refractivity contribution in [2.24, 2.45) is 5.92 Å². The standard InChI is InChI=1S/C12H10BrClF3NO3S/c13-10-4-8(1-2-9(10)12(15,16)17)18-5-7(3-11(18)19)6-22(14,20)21/h1-2,4,7H,3,5-6H2. The minimum atomic E-state index is -4.50. The summed E-state index contributed by atoms with van der Waals surface area (Å²) in [7, 11) is 1.43. The van der Waals surface area contributed by atoms with E-state index in [2.05, 4.69) is 15.9 Å². The van der Waals surface area contributed by atoms with Gasteiger partial charge < -0.3 is 4.90 Å². The highest BCUT2D eigenvalue weighted by Crippen LogP contribution is 2.37. The molecular formula is C12H10BrClF3NO3S. The van der Waals surface area contributed by atoms with E-state index in [1.165, 1.54) is 17.0 Å². The maximum atomic E-state index is 12.7. The Labute approximate surface area is 137 Å². The van der Waals surface area contributed by atoms with Crippen molar-refractivity contribution in [2.75, 3.05) is 17.2 Å². The average Bonchev–Trinajstić information content (AvgIpc) is 2.65. The third-order valence-corrected chi connectivity index (χ3v) is 5.11. The van der Waals surface area contributed by atoms with Gasteiger partial charge in [0, 0.05) is 39.7 Å². The van der Waals surface area contributed by atoms with E-state index >= 15 is 0 Å². The van der Waals surface area contributed by atoms with E-state index < -0.39 is 26.7 Å². The topological polar surface area (TPSA) is 54.5 Å². The van der Waals surface area contributed by atoms with Crippen molar-refractivity contribution >= 4 is 47.3 Å². The molecule has 0 N–H and O–H groups in total. The van der Waals surface area contributed by atoms with Crippen LogP contribution in [0.5, 0.6) is 0 Å². The van der Waals surface area contributed by atoms with Gasteiger partial charge in [-0.2, -0.15) is 13.2 Å². The van der Waals surface area contributed by atoms with Crippen molar-refractivity contribution < 1.29 is 26.4 Å². The fraction of sp³-hybridized carbons (Fsp3) is 0.417. The summed E-state index contributed by atoms with van der Waals surface area (Å²) in [6.07, 6.45) is -4.51. The molecule has 1 fully saturated rings. The number of rotatable bonds is 3. The monoisotopic (exact) mass is 419 g/mol. The maximum Gasteiger partial charge on any atom is 0.417 e. The summed E-state index contributed by atoms with van der Waals surface area (Å²) in [6.45, 7) is 0.0998. The summed E-state index contributed by atoms with van der Waals surface area (Å²) >= 11 is 2.84. The van der Waals surface area contributed by atoms with Crippen LogP contribution in [0.1, 0.15) is 12.0 Å². The number of anilines is 1. The molecule has 0 radical (unpaired) electrons. The summed E-state index contributed by atoms with van der Waals surface area (Å²) < 4.78 is 60.0. The summed E-state index contributed by atoms with van der Waals surface area (Å²) in [4.78, 5) is 13.2. The van der Waals surface area contributed by atoms with Crippen molar-refractivity contribution in [1.29, 1.82) is 0 Å². The van der Waals surface area contributed by atoms with Crippen molar-refractivity contribution in [3.63, 3.8) is 0 Å². The largest absolute Gasteiger partial charge is 0.417 e. The van der Waals surface area contributed by atoms with Crippen LogP contribution in [-0.2, 0) is 20.0 Å². The fourth-order valence-electron chi connectivity index (χ4n) is 2.33. The molecule has 1 amide bonds. The predicted octanol–water partition coefficient (Wildman–Crippen LogP) is 3.39. The molecule has 0 bridgehead atoms. The third kappa shape index (κ3) is 4.14. The molecule has 0 aliphatic carbocycles. The lowest BCUT2D eigenvalue weighted by molar-refractivity contribution is -0.138. The molecule has 2 rings (SSSR count). The average molecular weight is 421 g/mol. The third-order valence-electron chi connectivity index (χ3n) is 3.21. The lowest BCUT2D eigenvalue weighted by Crippen LogP contribution is -2.25. The van der Waals surface area contributed by atoms with Crippen LogP contribution in [0.15, 0.2) is 22.7 Å². The van der Waals surface area contributed by atoms with Crippen molar-refractivity contribution in [3.05, 3.63) is 28.2 Å². The Morgan fingerprint density at radius 3 is 2.50 bits per heavy atom. The second kappa shape index (κ2) is 6.01. The fourth-order valence-corrected chi connectivity index (χ4v) is 4.24. The first-order valence-electron chi connectivity index (χ1n) is 6.07. The highest BCUT2D eigenvalue weighted by molar-refractivity contribution is 9.10. The number of carbonyl (C=O) groups is 1. The van der Waals surface area contributed by atoms with Crippen LogP contribution in [0, 0.1) is 5.92 Å². The molecule has 0 aromatic heterocycles. The summed E-state index contributed by atoms with van der Waals surface area (Å²) in [5.41, 5.74) is -0.567. The van der Waals surface area contributed by atoms with Crippen LogP contribution in [-0.4, -0.2) is 26.6 Å². The first-order valence-corrected chi connectivity index (χ1v) is 9.34. The molecule has 1 heterocycles. The van der Waals surface area contributed by atoms with Gasteiger partial charge in [-0.15, -0.1) is 0 Å². The summed E-state index contributed by atoms with van der Waals surface area (Å²) in [6, 6.07) is 3.25. The van der Waals surface area contributed by atoms with Crippen molar-refractivity contribution in [1.82, 2.24) is 0 Å². The van der Waals surface area contributed by atoms with Crippen LogP contribution in [0.3, 0.4) is 0 Å². The minimum Gasteiger partial charge on any atom is -0.312 e. The zero-order valence-corrected chi connectivity index (χ0v) is 14.1. The zero-order valence-electron chi connectivity index (χ0n) is 10.9. The Morgan fingerprint density at radius 1 is 1.36 bits per heavy atom. The Morgan fingerprint density at radius 2 is 2.00 bits per heavy atom. The molecule has 4 nitrogen and oxygen atoms in total. The van der Waals surface area contributed by atoms with E-state index in [1.807, 2.05) is 0 Å². The number of hydrogen-bond donors (Lipinski definition) is 0. The second-order valence-electron chi connectivity index (χ2n) is 4.94. The Kier molecular flexibility index (Phi) is 4.79. The van der Waals surface area contributed by atoms with Gasteiger partial charge in [-0.1, -0.05) is 15.9 Å². The van der Waals surface area contributed by atoms with Gasteiger partial charge in [0.1, 0.15) is 0 Å². The lowest BCUT2D eigenvalue weighted by Gasteiger charge is -2.18. The molecule has 1 aliphatic rings. The number of amides is 1. The summed E-state index contributed by atoms with van der Waals surface area (Å²) in [5.74, 6) is -1.17. The van der Waals surface area contributed by atoms with Gasteiger partial charge in [-0.05, 0) is 18.2 Å². The summed E-state index contributed by atoms with van der Waals surface area (Å²) in [5, 5.41) is 0. The first kappa shape index (κ1) is 17.6. The van der Waals surface area contributed by atoms with Crippen LogP contribution in [0.2, 0.25) is 0 Å².